The summed E-state index contributed by atoms with van der Waals surface area (Å²) >= 11 is 0. The summed E-state index contributed by atoms with van der Waals surface area (Å²) in [4.78, 5) is 18.4. The summed E-state index contributed by atoms with van der Waals surface area (Å²) in [6.45, 7) is 0. The Labute approximate surface area is 91.0 Å². The van der Waals surface area contributed by atoms with Gasteiger partial charge in [-0.2, -0.15) is 0 Å². The van der Waals surface area contributed by atoms with Crippen LogP contribution in [0.5, 0.6) is 5.75 Å². The van der Waals surface area contributed by atoms with Gasteiger partial charge >= 0.3 is 5.97 Å². The summed E-state index contributed by atoms with van der Waals surface area (Å²) in [5.74, 6) is -0.479. The third kappa shape index (κ3) is 1.98. The number of phenolic OH excluding ortho intramolecular Hbond substituents is 1. The van der Waals surface area contributed by atoms with E-state index in [9.17, 15) is 4.79 Å². The average Bonchev–Trinajstić information content (AvgIpc) is 2.30. The molecule has 16 heavy (non-hydrogen) atoms. The van der Waals surface area contributed by atoms with E-state index >= 15 is 0 Å². The zero-order valence-electron chi connectivity index (χ0n) is 8.16. The van der Waals surface area contributed by atoms with E-state index in [1.54, 1.807) is 12.1 Å². The van der Waals surface area contributed by atoms with Crippen LogP contribution in [0.15, 0.2) is 36.7 Å². The van der Waals surface area contributed by atoms with Crippen LogP contribution < -0.4 is 0 Å². The van der Waals surface area contributed by atoms with E-state index in [2.05, 4.69) is 9.97 Å². The van der Waals surface area contributed by atoms with Gasteiger partial charge in [-0.1, -0.05) is 0 Å². The van der Waals surface area contributed by atoms with Gasteiger partial charge in [-0.05, 0) is 24.3 Å². The number of carboxylic acid groups (broad SMARTS) is 1. The van der Waals surface area contributed by atoms with Gasteiger partial charge in [0, 0.05) is 18.0 Å². The van der Waals surface area contributed by atoms with Gasteiger partial charge < -0.3 is 10.2 Å². The van der Waals surface area contributed by atoms with Crippen LogP contribution in [-0.2, 0) is 0 Å². The molecule has 1 heterocycles. The quantitative estimate of drug-likeness (QED) is 0.795. The van der Waals surface area contributed by atoms with Crippen molar-refractivity contribution >= 4 is 5.97 Å². The number of hydrogen-bond donors (Lipinski definition) is 2. The Balaban J connectivity index is 2.34. The maximum atomic E-state index is 10.6. The Hall–Kier alpha value is -2.43. The van der Waals surface area contributed by atoms with Crippen LogP contribution in [0, 0.1) is 0 Å². The molecule has 2 aromatic rings. The Morgan fingerprint density at radius 2 is 1.62 bits per heavy atom. The number of carbonyl (C=O) groups is 1. The van der Waals surface area contributed by atoms with E-state index in [4.69, 9.17) is 10.2 Å². The fourth-order valence-electron chi connectivity index (χ4n) is 1.20. The highest BCUT2D eigenvalue weighted by atomic mass is 16.4. The minimum atomic E-state index is -1.06. The molecule has 1 aromatic heterocycles. The van der Waals surface area contributed by atoms with E-state index in [1.807, 2.05) is 0 Å². The van der Waals surface area contributed by atoms with Crippen molar-refractivity contribution in [2.45, 2.75) is 0 Å². The van der Waals surface area contributed by atoms with Gasteiger partial charge in [-0.3, -0.25) is 0 Å². The number of carboxylic acids is 1. The molecule has 1 aromatic carbocycles. The first-order chi connectivity index (χ1) is 7.66. The lowest BCUT2D eigenvalue weighted by molar-refractivity contribution is 0.0696. The van der Waals surface area contributed by atoms with Crippen molar-refractivity contribution in [2.24, 2.45) is 0 Å². The SMILES string of the molecule is O=C(O)c1cnc(-c2ccc(O)cc2)nc1. The van der Waals surface area contributed by atoms with Crippen molar-refractivity contribution in [2.75, 3.05) is 0 Å². The number of hydrogen-bond acceptors (Lipinski definition) is 4. The predicted molar refractivity (Wildman–Crippen MR) is 56.1 cm³/mol. The molecule has 2 rings (SSSR count). The minimum Gasteiger partial charge on any atom is -0.508 e. The van der Waals surface area contributed by atoms with Gasteiger partial charge in [0.15, 0.2) is 5.82 Å². The zero-order chi connectivity index (χ0) is 11.5. The molecular weight excluding hydrogens is 208 g/mol. The van der Waals surface area contributed by atoms with Crippen molar-refractivity contribution in [3.05, 3.63) is 42.2 Å². The smallest absolute Gasteiger partial charge is 0.338 e. The molecule has 0 atom stereocenters. The fraction of sp³-hybridized carbons (Fsp3) is 0. The molecule has 0 saturated heterocycles. The Kier molecular flexibility index (Phi) is 2.51. The van der Waals surface area contributed by atoms with Crippen molar-refractivity contribution in [3.8, 4) is 17.1 Å². The summed E-state index contributed by atoms with van der Waals surface area (Å²) in [6.07, 6.45) is 2.50. The minimum absolute atomic E-state index is 0.0440. The molecule has 0 fully saturated rings. The molecule has 0 saturated carbocycles. The van der Waals surface area contributed by atoms with Gasteiger partial charge in [0.1, 0.15) is 5.75 Å². The number of phenols is 1. The van der Waals surface area contributed by atoms with Crippen LogP contribution >= 0.6 is 0 Å². The van der Waals surface area contributed by atoms with Crippen molar-refractivity contribution in [1.82, 2.24) is 9.97 Å². The lowest BCUT2D eigenvalue weighted by Gasteiger charge is -2.00. The van der Waals surface area contributed by atoms with Crippen LogP contribution in [0.25, 0.3) is 11.4 Å². The second-order valence-electron chi connectivity index (χ2n) is 3.15. The Morgan fingerprint density at radius 3 is 2.12 bits per heavy atom. The molecule has 5 heteroatoms. The first-order valence-corrected chi connectivity index (χ1v) is 4.51. The summed E-state index contributed by atoms with van der Waals surface area (Å²) in [6, 6.07) is 6.35. The molecule has 0 unspecified atom stereocenters. The molecule has 0 aliphatic rings. The number of nitrogens with zero attached hydrogens (tertiary/aromatic N) is 2. The first kappa shape index (κ1) is 10.1. The standard InChI is InChI=1S/C11H8N2O3/c14-9-3-1-7(2-4-9)10-12-5-8(6-13-10)11(15)16/h1-6,14H,(H,15,16). The normalized spacial score (nSPS) is 10.0. The van der Waals surface area contributed by atoms with Crippen LogP contribution in [0.4, 0.5) is 0 Å². The molecule has 0 aliphatic carbocycles. The molecule has 0 radical (unpaired) electrons. The monoisotopic (exact) mass is 216 g/mol. The molecule has 80 valence electrons. The van der Waals surface area contributed by atoms with Gasteiger partial charge in [0.25, 0.3) is 0 Å². The second-order valence-corrected chi connectivity index (χ2v) is 3.15. The third-order valence-electron chi connectivity index (χ3n) is 2.02. The second kappa shape index (κ2) is 3.98. The van der Waals surface area contributed by atoms with E-state index in [-0.39, 0.29) is 11.3 Å². The maximum Gasteiger partial charge on any atom is 0.338 e. The van der Waals surface area contributed by atoms with Crippen LogP contribution in [-0.4, -0.2) is 26.2 Å². The Bertz CT molecular complexity index is 506. The van der Waals surface area contributed by atoms with E-state index < -0.39 is 5.97 Å². The average molecular weight is 216 g/mol. The van der Waals surface area contributed by atoms with Gasteiger partial charge in [0.2, 0.25) is 0 Å². The predicted octanol–water partition coefficient (Wildman–Crippen LogP) is 1.55. The number of benzene rings is 1. The molecule has 2 N–H and O–H groups in total. The van der Waals surface area contributed by atoms with Gasteiger partial charge in [-0.25, -0.2) is 14.8 Å². The van der Waals surface area contributed by atoms with Crippen molar-refractivity contribution < 1.29 is 15.0 Å². The van der Waals surface area contributed by atoms with Gasteiger partial charge in [0.05, 0.1) is 5.56 Å². The van der Waals surface area contributed by atoms with E-state index in [0.717, 1.165) is 5.56 Å². The molecule has 0 amide bonds. The fourth-order valence-corrected chi connectivity index (χ4v) is 1.20. The highest BCUT2D eigenvalue weighted by molar-refractivity contribution is 5.86. The topological polar surface area (TPSA) is 83.3 Å². The lowest BCUT2D eigenvalue weighted by atomic mass is 10.2. The third-order valence-corrected chi connectivity index (χ3v) is 2.02. The van der Waals surface area contributed by atoms with Crippen LogP contribution in [0.2, 0.25) is 0 Å². The van der Waals surface area contributed by atoms with Gasteiger partial charge in [-0.15, -0.1) is 0 Å². The molecule has 5 nitrogen and oxygen atoms in total. The number of rotatable bonds is 2. The molecule has 0 spiro atoms. The van der Waals surface area contributed by atoms with E-state index in [1.165, 1.54) is 24.5 Å². The van der Waals surface area contributed by atoms with Crippen LogP contribution in [0.1, 0.15) is 10.4 Å². The molecule has 0 bridgehead atoms. The molecular formula is C11H8N2O3. The highest BCUT2D eigenvalue weighted by Gasteiger charge is 2.05. The summed E-state index contributed by atoms with van der Waals surface area (Å²) in [5, 5.41) is 17.8. The maximum absolute atomic E-state index is 10.6. The first-order valence-electron chi connectivity index (χ1n) is 4.51. The number of aromatic nitrogens is 2. The summed E-state index contributed by atoms with van der Waals surface area (Å²) in [7, 11) is 0. The van der Waals surface area contributed by atoms with E-state index in [0.29, 0.717) is 5.82 Å². The lowest BCUT2D eigenvalue weighted by Crippen LogP contribution is -1.99. The van der Waals surface area contributed by atoms with Crippen molar-refractivity contribution in [3.63, 3.8) is 0 Å². The van der Waals surface area contributed by atoms with Crippen LogP contribution in [0.3, 0.4) is 0 Å². The highest BCUT2D eigenvalue weighted by Crippen LogP contribution is 2.17. The number of aromatic hydroxyl groups is 1. The summed E-state index contributed by atoms with van der Waals surface area (Å²) < 4.78 is 0. The zero-order valence-corrected chi connectivity index (χ0v) is 8.16. The largest absolute Gasteiger partial charge is 0.508 e. The molecule has 0 aliphatic heterocycles. The Morgan fingerprint density at radius 1 is 1.06 bits per heavy atom. The summed E-state index contributed by atoms with van der Waals surface area (Å²) in [5.41, 5.74) is 0.761. The van der Waals surface area contributed by atoms with Crippen molar-refractivity contribution in [1.29, 1.82) is 0 Å². The number of aromatic carboxylic acids is 1.